The van der Waals surface area contributed by atoms with Crippen molar-refractivity contribution in [3.63, 3.8) is 0 Å². The Hall–Kier alpha value is -1.82. The molecule has 1 aromatic heterocycles. The normalized spacial score (nSPS) is 15.1. The van der Waals surface area contributed by atoms with Crippen LogP contribution in [0.15, 0.2) is 42.7 Å². The van der Waals surface area contributed by atoms with Crippen LogP contribution >= 0.6 is 0 Å². The van der Waals surface area contributed by atoms with Crippen LogP contribution in [0.5, 0.6) is 0 Å². The fraction of sp³-hybridized carbons (Fsp3) is 0.357. The molecule has 3 nitrogen and oxygen atoms in total. The van der Waals surface area contributed by atoms with E-state index >= 15 is 0 Å². The Kier molecular flexibility index (Phi) is 4.13. The van der Waals surface area contributed by atoms with Crippen molar-refractivity contribution in [2.45, 2.75) is 25.2 Å². The molecule has 0 bridgehead atoms. The summed E-state index contributed by atoms with van der Waals surface area (Å²) >= 11 is 0. The molecule has 1 aromatic carbocycles. The van der Waals surface area contributed by atoms with Gasteiger partial charge in [-0.25, -0.2) is 0 Å². The van der Waals surface area contributed by atoms with Crippen LogP contribution in [0.2, 0.25) is 0 Å². The number of nitrogens with one attached hydrogen (secondary N) is 1. The lowest BCUT2D eigenvalue weighted by Gasteiger charge is -2.24. The molecule has 0 saturated carbocycles. The first-order valence-electron chi connectivity index (χ1n) is 6.27. The van der Waals surface area contributed by atoms with Crippen LogP contribution in [0.1, 0.15) is 30.1 Å². The third-order valence-electron chi connectivity index (χ3n) is 3.30. The number of nitrogens with zero attached hydrogens (tertiary/aromatic N) is 2. The van der Waals surface area contributed by atoms with Gasteiger partial charge in [0.05, 0.1) is 23.8 Å². The molecule has 2 atom stereocenters. The Labute approximate surface area is 115 Å². The minimum absolute atomic E-state index is 0.114. The maximum atomic E-state index is 12.6. The molecule has 1 N–H and O–H groups in total. The molecule has 2 unspecified atom stereocenters. The minimum atomic E-state index is -4.36. The van der Waals surface area contributed by atoms with Gasteiger partial charge in [0, 0.05) is 6.20 Å². The quantitative estimate of drug-likeness (QED) is 0.931. The first-order chi connectivity index (χ1) is 9.43. The fourth-order valence-electron chi connectivity index (χ4n) is 2.21. The summed E-state index contributed by atoms with van der Waals surface area (Å²) in [5.41, 5.74) is 0.277. The summed E-state index contributed by atoms with van der Waals surface area (Å²) in [5.74, 6) is 0. The van der Waals surface area contributed by atoms with Crippen molar-refractivity contribution < 1.29 is 13.2 Å². The SMILES string of the molecule is CNC(c1ccccc1)C(C)n1cc(C(F)(F)F)cn1. The number of hydrogen-bond acceptors (Lipinski definition) is 2. The van der Waals surface area contributed by atoms with E-state index in [0.717, 1.165) is 18.0 Å². The number of benzene rings is 1. The maximum Gasteiger partial charge on any atom is 0.419 e. The maximum absolute atomic E-state index is 12.6. The van der Waals surface area contributed by atoms with Gasteiger partial charge in [-0.15, -0.1) is 0 Å². The van der Waals surface area contributed by atoms with E-state index in [1.807, 2.05) is 37.3 Å². The minimum Gasteiger partial charge on any atom is -0.311 e. The van der Waals surface area contributed by atoms with E-state index in [4.69, 9.17) is 0 Å². The van der Waals surface area contributed by atoms with Gasteiger partial charge in [-0.2, -0.15) is 18.3 Å². The summed E-state index contributed by atoms with van der Waals surface area (Å²) in [4.78, 5) is 0. The van der Waals surface area contributed by atoms with Gasteiger partial charge >= 0.3 is 6.18 Å². The molecular weight excluding hydrogens is 267 g/mol. The van der Waals surface area contributed by atoms with Crippen LogP contribution in [0.4, 0.5) is 13.2 Å². The van der Waals surface area contributed by atoms with Crippen LogP contribution < -0.4 is 5.32 Å². The zero-order valence-electron chi connectivity index (χ0n) is 11.2. The molecule has 6 heteroatoms. The molecule has 20 heavy (non-hydrogen) atoms. The predicted molar refractivity (Wildman–Crippen MR) is 70.2 cm³/mol. The average Bonchev–Trinajstić information content (AvgIpc) is 2.90. The summed E-state index contributed by atoms with van der Waals surface area (Å²) < 4.78 is 39.1. The van der Waals surface area contributed by atoms with E-state index in [2.05, 4.69) is 10.4 Å². The van der Waals surface area contributed by atoms with Gasteiger partial charge in [0.1, 0.15) is 0 Å². The van der Waals surface area contributed by atoms with Gasteiger partial charge in [0.25, 0.3) is 0 Å². The Balaban J connectivity index is 2.25. The Morgan fingerprint density at radius 2 is 1.85 bits per heavy atom. The van der Waals surface area contributed by atoms with Crippen molar-refractivity contribution in [3.05, 3.63) is 53.9 Å². The number of halogens is 3. The highest BCUT2D eigenvalue weighted by molar-refractivity contribution is 5.20. The standard InChI is InChI=1S/C14H16F3N3/c1-10(13(18-2)11-6-4-3-5-7-11)20-9-12(8-19-20)14(15,16)17/h3-10,13,18H,1-2H3. The number of rotatable bonds is 4. The van der Waals surface area contributed by atoms with Gasteiger partial charge in [-0.1, -0.05) is 30.3 Å². The number of likely N-dealkylation sites (N-methyl/N-ethyl adjacent to an activating group) is 1. The topological polar surface area (TPSA) is 29.9 Å². The van der Waals surface area contributed by atoms with Crippen LogP contribution in [0, 0.1) is 0 Å². The first kappa shape index (κ1) is 14.6. The monoisotopic (exact) mass is 283 g/mol. The highest BCUT2D eigenvalue weighted by atomic mass is 19.4. The van der Waals surface area contributed by atoms with Crippen LogP contribution in [-0.4, -0.2) is 16.8 Å². The summed E-state index contributed by atoms with van der Waals surface area (Å²) in [6, 6.07) is 9.22. The van der Waals surface area contributed by atoms with E-state index < -0.39 is 11.7 Å². The largest absolute Gasteiger partial charge is 0.419 e. The molecule has 0 fully saturated rings. The molecule has 2 rings (SSSR count). The molecule has 0 aliphatic rings. The number of aromatic nitrogens is 2. The number of hydrogen-bond donors (Lipinski definition) is 1. The van der Waals surface area contributed by atoms with Crippen molar-refractivity contribution in [1.82, 2.24) is 15.1 Å². The van der Waals surface area contributed by atoms with Crippen molar-refractivity contribution in [2.75, 3.05) is 7.05 Å². The summed E-state index contributed by atoms with van der Waals surface area (Å²) in [6.07, 6.45) is -2.47. The highest BCUT2D eigenvalue weighted by Gasteiger charge is 2.33. The van der Waals surface area contributed by atoms with E-state index in [-0.39, 0.29) is 12.1 Å². The lowest BCUT2D eigenvalue weighted by molar-refractivity contribution is -0.137. The third-order valence-corrected chi connectivity index (χ3v) is 3.30. The van der Waals surface area contributed by atoms with Crippen LogP contribution in [-0.2, 0) is 6.18 Å². The van der Waals surface area contributed by atoms with Gasteiger partial charge in [-0.05, 0) is 19.5 Å². The Morgan fingerprint density at radius 3 is 2.35 bits per heavy atom. The lowest BCUT2D eigenvalue weighted by Crippen LogP contribution is -2.26. The Morgan fingerprint density at radius 1 is 1.20 bits per heavy atom. The van der Waals surface area contributed by atoms with Crippen molar-refractivity contribution in [3.8, 4) is 0 Å². The van der Waals surface area contributed by atoms with Crippen LogP contribution in [0.3, 0.4) is 0 Å². The van der Waals surface area contributed by atoms with Gasteiger partial charge in [0.15, 0.2) is 0 Å². The molecule has 1 heterocycles. The summed E-state index contributed by atoms with van der Waals surface area (Å²) in [7, 11) is 1.78. The van der Waals surface area contributed by atoms with E-state index in [9.17, 15) is 13.2 Å². The molecule has 0 spiro atoms. The molecule has 0 saturated heterocycles. The molecule has 108 valence electrons. The second-order valence-corrected chi connectivity index (χ2v) is 4.62. The summed E-state index contributed by atoms with van der Waals surface area (Å²) in [6.45, 7) is 1.83. The third kappa shape index (κ3) is 3.01. The van der Waals surface area contributed by atoms with Gasteiger partial charge in [0.2, 0.25) is 0 Å². The van der Waals surface area contributed by atoms with Crippen molar-refractivity contribution >= 4 is 0 Å². The van der Waals surface area contributed by atoms with Gasteiger partial charge < -0.3 is 5.32 Å². The lowest BCUT2D eigenvalue weighted by atomic mass is 10.0. The molecule has 0 aliphatic heterocycles. The molecular formula is C14H16F3N3. The zero-order valence-corrected chi connectivity index (χ0v) is 11.2. The highest BCUT2D eigenvalue weighted by Crippen LogP contribution is 2.31. The fourth-order valence-corrected chi connectivity index (χ4v) is 2.21. The van der Waals surface area contributed by atoms with Crippen molar-refractivity contribution in [2.24, 2.45) is 0 Å². The second-order valence-electron chi connectivity index (χ2n) is 4.62. The number of alkyl halides is 3. The molecule has 0 radical (unpaired) electrons. The first-order valence-corrected chi connectivity index (χ1v) is 6.27. The van der Waals surface area contributed by atoms with Crippen molar-refractivity contribution in [1.29, 1.82) is 0 Å². The molecule has 0 aliphatic carbocycles. The predicted octanol–water partition coefficient (Wildman–Crippen LogP) is 3.42. The second kappa shape index (κ2) is 5.66. The Bertz CT molecular complexity index is 548. The van der Waals surface area contributed by atoms with Crippen LogP contribution in [0.25, 0.3) is 0 Å². The zero-order chi connectivity index (χ0) is 14.8. The van der Waals surface area contributed by atoms with E-state index in [0.29, 0.717) is 0 Å². The smallest absolute Gasteiger partial charge is 0.311 e. The molecule has 0 amide bonds. The van der Waals surface area contributed by atoms with E-state index in [1.165, 1.54) is 4.68 Å². The molecule has 2 aromatic rings. The van der Waals surface area contributed by atoms with E-state index in [1.54, 1.807) is 7.05 Å². The average molecular weight is 283 g/mol. The summed E-state index contributed by atoms with van der Waals surface area (Å²) in [5, 5.41) is 6.96. The van der Waals surface area contributed by atoms with Gasteiger partial charge in [-0.3, -0.25) is 4.68 Å².